The highest BCUT2D eigenvalue weighted by Gasteiger charge is 2.70. The van der Waals surface area contributed by atoms with E-state index in [1.807, 2.05) is 0 Å². The summed E-state index contributed by atoms with van der Waals surface area (Å²) in [5, 5.41) is 33.7. The summed E-state index contributed by atoms with van der Waals surface area (Å²) >= 11 is 0. The number of aliphatic hydroxyl groups is 3. The molecule has 5 aliphatic carbocycles. The first-order valence-corrected chi connectivity index (χ1v) is 13.9. The number of fused-ring (bicyclic) bond motifs is 7. The molecule has 0 saturated heterocycles. The molecule has 5 aliphatic rings. The molecule has 0 aromatic rings. The van der Waals surface area contributed by atoms with Gasteiger partial charge in [-0.3, -0.25) is 0 Å². The van der Waals surface area contributed by atoms with E-state index >= 15 is 0 Å². The molecule has 3 nitrogen and oxygen atoms in total. The van der Waals surface area contributed by atoms with E-state index < -0.39 is 6.10 Å². The third-order valence-corrected chi connectivity index (χ3v) is 13.4. The Kier molecular flexibility index (Phi) is 5.23. The van der Waals surface area contributed by atoms with Crippen molar-refractivity contribution in [2.75, 3.05) is 0 Å². The van der Waals surface area contributed by atoms with E-state index in [1.54, 1.807) is 0 Å². The van der Waals surface area contributed by atoms with Crippen molar-refractivity contribution < 1.29 is 15.3 Å². The normalized spacial score (nSPS) is 60.0. The number of aliphatic hydroxyl groups excluding tert-OH is 3. The van der Waals surface area contributed by atoms with Gasteiger partial charge in [-0.05, 0) is 95.7 Å². The lowest BCUT2D eigenvalue weighted by Gasteiger charge is -2.72. The Morgan fingerprint density at radius 2 is 1.48 bits per heavy atom. The summed E-state index contributed by atoms with van der Waals surface area (Å²) in [6.07, 6.45) is 8.80. The smallest absolute Gasteiger partial charge is 0.0762 e. The van der Waals surface area contributed by atoms with Crippen LogP contribution in [0.3, 0.4) is 0 Å². The van der Waals surface area contributed by atoms with Crippen molar-refractivity contribution in [1.82, 2.24) is 0 Å². The highest BCUT2D eigenvalue weighted by atomic mass is 16.3. The van der Waals surface area contributed by atoms with Crippen LogP contribution in [0, 0.1) is 56.7 Å². The van der Waals surface area contributed by atoms with Crippen LogP contribution < -0.4 is 0 Å². The van der Waals surface area contributed by atoms with Gasteiger partial charge in [0.1, 0.15) is 0 Å². The van der Waals surface area contributed by atoms with Gasteiger partial charge in [0.05, 0.1) is 18.3 Å². The minimum absolute atomic E-state index is 0.0442. The quantitative estimate of drug-likeness (QED) is 0.392. The number of hydrogen-bond acceptors (Lipinski definition) is 3. The minimum Gasteiger partial charge on any atom is -0.393 e. The SMILES string of the molecule is CC1C(O)CC2(C)CCC3(C)C(=CC(O)C4C5(C)CCC(O)C(C)(C)C5CCC43C)C2C1C. The van der Waals surface area contributed by atoms with Crippen LogP contribution in [0.1, 0.15) is 100 Å². The second kappa shape index (κ2) is 7.10. The summed E-state index contributed by atoms with van der Waals surface area (Å²) in [6, 6.07) is 0. The van der Waals surface area contributed by atoms with Crippen molar-refractivity contribution in [2.45, 2.75) is 119 Å². The molecule has 5 rings (SSSR count). The second-order valence-corrected chi connectivity index (χ2v) is 14.9. The van der Waals surface area contributed by atoms with E-state index in [0.717, 1.165) is 38.5 Å². The maximum Gasteiger partial charge on any atom is 0.0762 e. The fourth-order valence-electron chi connectivity index (χ4n) is 11.1. The molecule has 0 bridgehead atoms. The van der Waals surface area contributed by atoms with E-state index in [1.165, 1.54) is 12.0 Å². The van der Waals surface area contributed by atoms with Crippen molar-refractivity contribution in [1.29, 1.82) is 0 Å². The maximum atomic E-state index is 12.0. The topological polar surface area (TPSA) is 60.7 Å². The highest BCUT2D eigenvalue weighted by Crippen LogP contribution is 2.75. The molecule has 12 atom stereocenters. The van der Waals surface area contributed by atoms with E-state index in [9.17, 15) is 15.3 Å². The summed E-state index contributed by atoms with van der Waals surface area (Å²) < 4.78 is 0. The van der Waals surface area contributed by atoms with Crippen LogP contribution in [0.2, 0.25) is 0 Å². The van der Waals surface area contributed by atoms with Gasteiger partial charge in [-0.1, -0.05) is 67.0 Å². The van der Waals surface area contributed by atoms with Gasteiger partial charge in [-0.25, -0.2) is 0 Å². The van der Waals surface area contributed by atoms with Crippen molar-refractivity contribution >= 4 is 0 Å². The van der Waals surface area contributed by atoms with Crippen LogP contribution in [-0.2, 0) is 0 Å². The molecule has 0 radical (unpaired) electrons. The van der Waals surface area contributed by atoms with Crippen molar-refractivity contribution in [3.63, 3.8) is 0 Å². The summed E-state index contributed by atoms with van der Waals surface area (Å²) in [6.45, 7) is 19.0. The molecule has 0 aromatic heterocycles. The lowest BCUT2D eigenvalue weighted by molar-refractivity contribution is -0.226. The molecule has 0 amide bonds. The first-order chi connectivity index (χ1) is 15.1. The maximum absolute atomic E-state index is 12.0. The van der Waals surface area contributed by atoms with Gasteiger partial charge < -0.3 is 15.3 Å². The van der Waals surface area contributed by atoms with Crippen LogP contribution in [0.15, 0.2) is 11.6 Å². The Hall–Kier alpha value is -0.380. The molecule has 4 saturated carbocycles. The first-order valence-electron chi connectivity index (χ1n) is 13.9. The Balaban J connectivity index is 1.63. The standard InChI is InChI=1S/C30H50O3/c1-17-18(2)24-19-15-20(31)25-28(6)11-10-23(33)26(3,4)22(28)9-12-30(25,8)29(19,7)14-13-27(24,5)16-21(17)32/h15,17-18,20-25,31-33H,9-14,16H2,1-8H3. The summed E-state index contributed by atoms with van der Waals surface area (Å²) in [5.41, 5.74) is 1.73. The second-order valence-electron chi connectivity index (χ2n) is 14.9. The summed E-state index contributed by atoms with van der Waals surface area (Å²) in [5.74, 6) is 1.83. The Morgan fingerprint density at radius 3 is 2.15 bits per heavy atom. The number of hydrogen-bond donors (Lipinski definition) is 3. The highest BCUT2D eigenvalue weighted by molar-refractivity contribution is 5.36. The number of rotatable bonds is 0. The van der Waals surface area contributed by atoms with Gasteiger partial charge in [0, 0.05) is 5.92 Å². The zero-order valence-corrected chi connectivity index (χ0v) is 22.5. The van der Waals surface area contributed by atoms with E-state index in [2.05, 4.69) is 61.5 Å². The molecule has 33 heavy (non-hydrogen) atoms. The van der Waals surface area contributed by atoms with Gasteiger partial charge in [0.2, 0.25) is 0 Å². The van der Waals surface area contributed by atoms with Gasteiger partial charge in [-0.2, -0.15) is 0 Å². The van der Waals surface area contributed by atoms with Crippen LogP contribution in [0.25, 0.3) is 0 Å². The number of allylic oxidation sites excluding steroid dienone is 1. The lowest BCUT2D eigenvalue weighted by atomic mass is 9.33. The van der Waals surface area contributed by atoms with Crippen LogP contribution in [0.4, 0.5) is 0 Å². The molecule has 0 spiro atoms. The van der Waals surface area contributed by atoms with E-state index in [-0.39, 0.29) is 45.2 Å². The van der Waals surface area contributed by atoms with Crippen molar-refractivity contribution in [2.24, 2.45) is 56.7 Å². The Bertz CT molecular complexity index is 847. The summed E-state index contributed by atoms with van der Waals surface area (Å²) in [7, 11) is 0. The van der Waals surface area contributed by atoms with Crippen LogP contribution in [0.5, 0.6) is 0 Å². The monoisotopic (exact) mass is 458 g/mol. The molecule has 12 unspecified atom stereocenters. The molecule has 0 heterocycles. The molecule has 3 N–H and O–H groups in total. The van der Waals surface area contributed by atoms with Gasteiger partial charge in [0.25, 0.3) is 0 Å². The predicted octanol–water partition coefficient (Wildman–Crippen LogP) is 5.97. The average molecular weight is 459 g/mol. The predicted molar refractivity (Wildman–Crippen MR) is 133 cm³/mol. The third kappa shape index (κ3) is 2.85. The third-order valence-electron chi connectivity index (χ3n) is 13.4. The van der Waals surface area contributed by atoms with Crippen molar-refractivity contribution in [3.05, 3.63) is 11.6 Å². The zero-order chi connectivity index (χ0) is 24.4. The van der Waals surface area contributed by atoms with Gasteiger partial charge in [0.15, 0.2) is 0 Å². The van der Waals surface area contributed by atoms with Crippen LogP contribution >= 0.6 is 0 Å². The molecule has 0 aromatic carbocycles. The van der Waals surface area contributed by atoms with Crippen LogP contribution in [-0.4, -0.2) is 33.6 Å². The first kappa shape index (κ1) is 24.3. The Morgan fingerprint density at radius 1 is 0.818 bits per heavy atom. The largest absolute Gasteiger partial charge is 0.393 e. The molecule has 188 valence electrons. The molecular formula is C30H50O3. The van der Waals surface area contributed by atoms with Crippen molar-refractivity contribution in [3.8, 4) is 0 Å². The minimum atomic E-state index is -0.423. The molecular weight excluding hydrogens is 408 g/mol. The molecule has 3 heteroatoms. The zero-order valence-electron chi connectivity index (χ0n) is 22.5. The fraction of sp³-hybridized carbons (Fsp3) is 0.933. The molecule has 0 aliphatic heterocycles. The van der Waals surface area contributed by atoms with E-state index in [4.69, 9.17) is 0 Å². The van der Waals surface area contributed by atoms with E-state index in [0.29, 0.717) is 23.7 Å². The van der Waals surface area contributed by atoms with Gasteiger partial charge in [-0.15, -0.1) is 0 Å². The average Bonchev–Trinajstić information content (AvgIpc) is 2.71. The fourth-order valence-corrected chi connectivity index (χ4v) is 11.1. The molecule has 4 fully saturated rings. The van der Waals surface area contributed by atoms with Gasteiger partial charge >= 0.3 is 0 Å². The Labute approximate surface area is 202 Å². The lowest BCUT2D eigenvalue weighted by Crippen LogP contribution is -2.67. The summed E-state index contributed by atoms with van der Waals surface area (Å²) in [4.78, 5) is 0.